The average molecular weight is 334 g/mol. The smallest absolute Gasteiger partial charge is 0.155 e. The first-order valence-electron chi connectivity index (χ1n) is 7.92. The van der Waals surface area contributed by atoms with Crippen molar-refractivity contribution in [1.29, 1.82) is 0 Å². The standard InChI is InChI=1S/C15H28O4P2/c1-2-3-4-5-10(18-20)6-7-11-12-8-15(16)17-13(12)9-14(11)19-21/h6-7,10-16H,2-5,8-9,20-21H2,1H3/b7-6+. The van der Waals surface area contributed by atoms with Crippen LogP contribution in [0.2, 0.25) is 0 Å². The molecular formula is C15H28O4P2. The summed E-state index contributed by atoms with van der Waals surface area (Å²) in [5.74, 6) is 0.640. The lowest BCUT2D eigenvalue weighted by molar-refractivity contribution is -0.0938. The summed E-state index contributed by atoms with van der Waals surface area (Å²) in [5, 5.41) is 9.66. The molecule has 1 saturated heterocycles. The van der Waals surface area contributed by atoms with Gasteiger partial charge in [0.2, 0.25) is 0 Å². The average Bonchev–Trinajstić information content (AvgIpc) is 2.98. The van der Waals surface area contributed by atoms with Gasteiger partial charge in [-0.2, -0.15) is 0 Å². The molecule has 1 aliphatic heterocycles. The monoisotopic (exact) mass is 334 g/mol. The van der Waals surface area contributed by atoms with Gasteiger partial charge in [-0.15, -0.1) is 0 Å². The summed E-state index contributed by atoms with van der Waals surface area (Å²) in [7, 11) is 4.74. The number of fused-ring (bicyclic) bond motifs is 1. The van der Waals surface area contributed by atoms with Gasteiger partial charge in [-0.1, -0.05) is 38.3 Å². The fourth-order valence-corrected chi connectivity index (χ4v) is 4.03. The van der Waals surface area contributed by atoms with Crippen LogP contribution in [0.5, 0.6) is 0 Å². The largest absolute Gasteiger partial charge is 0.368 e. The van der Waals surface area contributed by atoms with Crippen LogP contribution in [-0.4, -0.2) is 29.7 Å². The summed E-state index contributed by atoms with van der Waals surface area (Å²) in [6.45, 7) is 2.21. The van der Waals surface area contributed by atoms with Gasteiger partial charge >= 0.3 is 0 Å². The topological polar surface area (TPSA) is 47.9 Å². The van der Waals surface area contributed by atoms with E-state index >= 15 is 0 Å². The highest BCUT2D eigenvalue weighted by Gasteiger charge is 2.48. The van der Waals surface area contributed by atoms with Crippen LogP contribution in [0.3, 0.4) is 0 Å². The lowest BCUT2D eigenvalue weighted by Gasteiger charge is -2.20. The first-order valence-corrected chi connectivity index (χ1v) is 8.86. The molecule has 0 spiro atoms. The van der Waals surface area contributed by atoms with E-state index in [0.717, 1.165) is 12.8 Å². The van der Waals surface area contributed by atoms with Gasteiger partial charge in [-0.3, -0.25) is 0 Å². The minimum absolute atomic E-state index is 0.121. The Morgan fingerprint density at radius 3 is 2.81 bits per heavy atom. The van der Waals surface area contributed by atoms with Crippen molar-refractivity contribution < 1.29 is 18.9 Å². The van der Waals surface area contributed by atoms with Crippen molar-refractivity contribution in [2.24, 2.45) is 11.8 Å². The van der Waals surface area contributed by atoms with Crippen molar-refractivity contribution in [3.8, 4) is 0 Å². The zero-order valence-electron chi connectivity index (χ0n) is 12.7. The van der Waals surface area contributed by atoms with E-state index in [0.29, 0.717) is 18.3 Å². The molecule has 8 atom stereocenters. The Bertz CT molecular complexity index is 340. The van der Waals surface area contributed by atoms with Crippen molar-refractivity contribution in [3.63, 3.8) is 0 Å². The molecule has 0 aromatic carbocycles. The van der Waals surface area contributed by atoms with Crippen molar-refractivity contribution in [2.75, 3.05) is 0 Å². The van der Waals surface area contributed by atoms with Crippen LogP contribution in [0.1, 0.15) is 45.4 Å². The number of hydrogen-bond donors (Lipinski definition) is 1. The predicted molar refractivity (Wildman–Crippen MR) is 89.5 cm³/mol. The molecule has 1 aliphatic carbocycles. The first kappa shape index (κ1) is 17.8. The second kappa shape index (κ2) is 8.91. The fourth-order valence-electron chi connectivity index (χ4n) is 3.51. The molecule has 1 N–H and O–H groups in total. The zero-order valence-corrected chi connectivity index (χ0v) is 15.0. The Hall–Kier alpha value is 0.440. The SMILES string of the molecule is CCCCCC(/C=C/C1C(OP)CC2OC(O)CC21)OP. The molecule has 4 nitrogen and oxygen atoms in total. The highest BCUT2D eigenvalue weighted by Crippen LogP contribution is 2.45. The number of rotatable bonds is 8. The van der Waals surface area contributed by atoms with Crippen LogP contribution < -0.4 is 0 Å². The van der Waals surface area contributed by atoms with Gasteiger partial charge in [-0.05, 0) is 12.3 Å². The number of unbranched alkanes of at least 4 members (excludes halogenated alkanes) is 2. The highest BCUT2D eigenvalue weighted by atomic mass is 31.0. The molecule has 2 aliphatic rings. The lowest BCUT2D eigenvalue weighted by atomic mass is 9.91. The Morgan fingerprint density at radius 1 is 1.33 bits per heavy atom. The van der Waals surface area contributed by atoms with E-state index in [4.69, 9.17) is 13.8 Å². The molecule has 2 rings (SSSR count). The fraction of sp³-hybridized carbons (Fsp3) is 0.867. The number of ether oxygens (including phenoxy) is 1. The lowest BCUT2D eigenvalue weighted by Crippen LogP contribution is -2.20. The van der Waals surface area contributed by atoms with Crippen LogP contribution in [0, 0.1) is 11.8 Å². The molecule has 1 saturated carbocycles. The summed E-state index contributed by atoms with van der Waals surface area (Å²) in [5.41, 5.74) is 0. The Morgan fingerprint density at radius 2 is 2.14 bits per heavy atom. The molecular weight excluding hydrogens is 306 g/mol. The normalized spacial score (nSPS) is 37.2. The van der Waals surface area contributed by atoms with Crippen LogP contribution in [0.15, 0.2) is 12.2 Å². The van der Waals surface area contributed by atoms with E-state index < -0.39 is 6.29 Å². The minimum atomic E-state index is -0.611. The summed E-state index contributed by atoms with van der Waals surface area (Å²) < 4.78 is 16.5. The Labute approximate surface area is 132 Å². The molecule has 6 heteroatoms. The number of hydrogen-bond acceptors (Lipinski definition) is 4. The molecule has 8 unspecified atom stereocenters. The summed E-state index contributed by atoms with van der Waals surface area (Å²) >= 11 is 0. The number of aliphatic hydroxyl groups is 1. The predicted octanol–water partition coefficient (Wildman–Crippen LogP) is 3.22. The molecule has 0 bridgehead atoms. The maximum Gasteiger partial charge on any atom is 0.155 e. The van der Waals surface area contributed by atoms with E-state index in [1.165, 1.54) is 19.3 Å². The number of aliphatic hydroxyl groups excluding tert-OH is 1. The van der Waals surface area contributed by atoms with Crippen LogP contribution in [-0.2, 0) is 13.8 Å². The Kier molecular flexibility index (Phi) is 7.55. The summed E-state index contributed by atoms with van der Waals surface area (Å²) in [6, 6.07) is 0. The molecule has 21 heavy (non-hydrogen) atoms. The van der Waals surface area contributed by atoms with Crippen LogP contribution in [0.25, 0.3) is 0 Å². The maximum atomic E-state index is 9.66. The first-order chi connectivity index (χ1) is 10.2. The third-order valence-corrected chi connectivity index (χ3v) is 5.36. The van der Waals surface area contributed by atoms with Gasteiger partial charge in [0.1, 0.15) is 0 Å². The van der Waals surface area contributed by atoms with Gasteiger partial charge < -0.3 is 18.9 Å². The van der Waals surface area contributed by atoms with E-state index in [2.05, 4.69) is 38.0 Å². The van der Waals surface area contributed by atoms with Gasteiger partial charge in [-0.25, -0.2) is 0 Å². The zero-order chi connectivity index (χ0) is 15.2. The molecule has 1 heterocycles. The Balaban J connectivity index is 1.93. The summed E-state index contributed by atoms with van der Waals surface area (Å²) in [6.07, 6.45) is 10.4. The molecule has 2 fully saturated rings. The van der Waals surface area contributed by atoms with Crippen LogP contribution >= 0.6 is 18.9 Å². The molecule has 0 aromatic rings. The second-order valence-corrected chi connectivity index (χ2v) is 6.62. The molecule has 0 amide bonds. The summed E-state index contributed by atoms with van der Waals surface area (Å²) in [4.78, 5) is 0. The van der Waals surface area contributed by atoms with E-state index in [-0.39, 0.29) is 18.3 Å². The van der Waals surface area contributed by atoms with Crippen molar-refractivity contribution >= 4 is 18.9 Å². The van der Waals surface area contributed by atoms with Gasteiger partial charge in [0.25, 0.3) is 0 Å². The maximum absolute atomic E-state index is 9.66. The van der Waals surface area contributed by atoms with Gasteiger partial charge in [0.15, 0.2) is 6.29 Å². The van der Waals surface area contributed by atoms with Crippen LogP contribution in [0.4, 0.5) is 0 Å². The van der Waals surface area contributed by atoms with E-state index in [1.54, 1.807) is 0 Å². The van der Waals surface area contributed by atoms with Crippen molar-refractivity contribution in [1.82, 2.24) is 0 Å². The van der Waals surface area contributed by atoms with Gasteiger partial charge in [0, 0.05) is 37.7 Å². The van der Waals surface area contributed by atoms with Gasteiger partial charge in [0.05, 0.1) is 18.3 Å². The minimum Gasteiger partial charge on any atom is -0.368 e. The van der Waals surface area contributed by atoms with Crippen molar-refractivity contribution in [3.05, 3.63) is 12.2 Å². The highest BCUT2D eigenvalue weighted by molar-refractivity contribution is 7.10. The van der Waals surface area contributed by atoms with E-state index in [9.17, 15) is 5.11 Å². The molecule has 0 aromatic heterocycles. The molecule has 0 radical (unpaired) electrons. The third kappa shape index (κ3) is 4.70. The van der Waals surface area contributed by atoms with E-state index in [1.807, 2.05) is 0 Å². The quantitative estimate of drug-likeness (QED) is 0.421. The van der Waals surface area contributed by atoms with Crippen molar-refractivity contribution in [2.45, 2.75) is 70.1 Å². The third-order valence-electron chi connectivity index (χ3n) is 4.66. The molecule has 122 valence electrons. The second-order valence-electron chi connectivity index (χ2n) is 6.07.